The minimum absolute atomic E-state index is 0.436. The molecule has 0 aliphatic heterocycles. The molecule has 114 valence electrons. The molecule has 2 N–H and O–H groups in total. The van der Waals surface area contributed by atoms with E-state index >= 15 is 0 Å². The van der Waals surface area contributed by atoms with Crippen molar-refractivity contribution in [3.05, 3.63) is 41.0 Å². The van der Waals surface area contributed by atoms with E-state index in [-0.39, 0.29) is 0 Å². The van der Waals surface area contributed by atoms with Crippen molar-refractivity contribution in [3.63, 3.8) is 0 Å². The minimum Gasteiger partial charge on any atom is -0.313 e. The number of hydrogen-bond acceptors (Lipinski definition) is 4. The number of rotatable bonds is 7. The van der Waals surface area contributed by atoms with Crippen molar-refractivity contribution in [2.24, 2.45) is 0 Å². The molecule has 2 aromatic rings. The summed E-state index contributed by atoms with van der Waals surface area (Å²) >= 11 is 6.15. The SMILES string of the molecule is CS(=O)(=O)NCCCNCc1ccc(Cl)c2cccnc12. The summed E-state index contributed by atoms with van der Waals surface area (Å²) in [7, 11) is -3.10. The summed E-state index contributed by atoms with van der Waals surface area (Å²) in [6, 6.07) is 7.64. The highest BCUT2D eigenvalue weighted by molar-refractivity contribution is 7.88. The molecule has 0 unspecified atom stereocenters. The van der Waals surface area contributed by atoms with E-state index in [1.807, 2.05) is 24.3 Å². The standard InChI is InChI=1S/C14H18ClN3O2S/c1-21(19,20)18-9-3-7-16-10-11-5-6-13(15)12-4-2-8-17-14(11)12/h2,4-6,8,16,18H,3,7,9-10H2,1H3. The Kier molecular flexibility index (Phi) is 5.52. The van der Waals surface area contributed by atoms with Gasteiger partial charge in [0.25, 0.3) is 0 Å². The highest BCUT2D eigenvalue weighted by Gasteiger charge is 2.05. The Morgan fingerprint density at radius 2 is 2.05 bits per heavy atom. The Hall–Kier alpha value is -1.21. The van der Waals surface area contributed by atoms with Gasteiger partial charge in [-0.1, -0.05) is 17.7 Å². The number of sulfonamides is 1. The molecule has 21 heavy (non-hydrogen) atoms. The van der Waals surface area contributed by atoms with Crippen LogP contribution >= 0.6 is 11.6 Å². The molecule has 0 saturated carbocycles. The largest absolute Gasteiger partial charge is 0.313 e. The molecule has 1 aromatic carbocycles. The van der Waals surface area contributed by atoms with E-state index in [0.717, 1.165) is 35.7 Å². The molecule has 0 fully saturated rings. The number of nitrogens with one attached hydrogen (secondary N) is 2. The average molecular weight is 328 g/mol. The molecular formula is C14H18ClN3O2S. The molecule has 7 heteroatoms. The van der Waals surface area contributed by atoms with E-state index in [4.69, 9.17) is 11.6 Å². The molecule has 0 aliphatic rings. The zero-order valence-electron chi connectivity index (χ0n) is 11.8. The van der Waals surface area contributed by atoms with Crippen LogP contribution in [0.1, 0.15) is 12.0 Å². The molecule has 0 bridgehead atoms. The fourth-order valence-corrected chi connectivity index (χ4v) is 2.76. The minimum atomic E-state index is -3.10. The van der Waals surface area contributed by atoms with Crippen molar-refractivity contribution in [1.82, 2.24) is 15.0 Å². The first-order valence-electron chi connectivity index (χ1n) is 6.65. The van der Waals surface area contributed by atoms with Gasteiger partial charge in [-0.05, 0) is 36.7 Å². The Morgan fingerprint density at radius 1 is 1.24 bits per heavy atom. The highest BCUT2D eigenvalue weighted by Crippen LogP contribution is 2.24. The van der Waals surface area contributed by atoms with Gasteiger partial charge in [0.2, 0.25) is 10.0 Å². The van der Waals surface area contributed by atoms with E-state index in [2.05, 4.69) is 15.0 Å². The van der Waals surface area contributed by atoms with Gasteiger partial charge in [0.05, 0.1) is 11.8 Å². The molecule has 5 nitrogen and oxygen atoms in total. The molecule has 0 atom stereocenters. The number of nitrogens with zero attached hydrogens (tertiary/aromatic N) is 1. The third-order valence-corrected chi connectivity index (χ3v) is 4.07. The second kappa shape index (κ2) is 7.17. The van der Waals surface area contributed by atoms with Gasteiger partial charge in [-0.25, -0.2) is 13.1 Å². The van der Waals surface area contributed by atoms with Crippen molar-refractivity contribution in [2.45, 2.75) is 13.0 Å². The van der Waals surface area contributed by atoms with Crippen LogP contribution in [0.3, 0.4) is 0 Å². The van der Waals surface area contributed by atoms with Crippen molar-refractivity contribution in [3.8, 4) is 0 Å². The van der Waals surface area contributed by atoms with Crippen LogP contribution in [0, 0.1) is 0 Å². The maximum Gasteiger partial charge on any atom is 0.208 e. The van der Waals surface area contributed by atoms with Gasteiger partial charge in [-0.2, -0.15) is 0 Å². The van der Waals surface area contributed by atoms with Crippen molar-refractivity contribution in [2.75, 3.05) is 19.3 Å². The third-order valence-electron chi connectivity index (χ3n) is 3.01. The van der Waals surface area contributed by atoms with Crippen molar-refractivity contribution >= 4 is 32.5 Å². The third kappa shape index (κ3) is 4.93. The highest BCUT2D eigenvalue weighted by atomic mass is 35.5. The normalized spacial score (nSPS) is 11.9. The molecule has 0 radical (unpaired) electrons. The smallest absolute Gasteiger partial charge is 0.208 e. The van der Waals surface area contributed by atoms with Crippen LogP contribution in [0.15, 0.2) is 30.5 Å². The van der Waals surface area contributed by atoms with E-state index in [1.54, 1.807) is 6.20 Å². The van der Waals surface area contributed by atoms with E-state index < -0.39 is 10.0 Å². The lowest BCUT2D eigenvalue weighted by atomic mass is 10.1. The summed E-state index contributed by atoms with van der Waals surface area (Å²) in [5, 5.41) is 4.92. The maximum absolute atomic E-state index is 10.9. The first kappa shape index (κ1) is 16.2. The maximum atomic E-state index is 10.9. The zero-order valence-corrected chi connectivity index (χ0v) is 13.3. The van der Waals surface area contributed by atoms with Gasteiger partial charge in [0.15, 0.2) is 0 Å². The molecule has 0 spiro atoms. The summed E-state index contributed by atoms with van der Waals surface area (Å²) in [4.78, 5) is 4.37. The predicted molar refractivity (Wildman–Crippen MR) is 85.9 cm³/mol. The summed E-state index contributed by atoms with van der Waals surface area (Å²) in [6.45, 7) is 1.83. The van der Waals surface area contributed by atoms with Gasteiger partial charge in [0.1, 0.15) is 0 Å². The molecule has 0 saturated heterocycles. The Bertz CT molecular complexity index is 719. The van der Waals surface area contributed by atoms with Crippen molar-refractivity contribution < 1.29 is 8.42 Å². The Balaban J connectivity index is 1.88. The average Bonchev–Trinajstić information content (AvgIpc) is 2.44. The lowest BCUT2D eigenvalue weighted by Gasteiger charge is -2.09. The molecule has 1 aromatic heterocycles. The summed E-state index contributed by atoms with van der Waals surface area (Å²) < 4.78 is 24.3. The number of halogens is 1. The fourth-order valence-electron chi connectivity index (χ4n) is 2.03. The number of pyridine rings is 1. The number of aromatic nitrogens is 1. The predicted octanol–water partition coefficient (Wildman–Crippen LogP) is 1.92. The van der Waals surface area contributed by atoms with E-state index in [9.17, 15) is 8.42 Å². The Labute approximate surface area is 129 Å². The number of hydrogen-bond donors (Lipinski definition) is 2. The molecule has 0 aliphatic carbocycles. The zero-order chi connectivity index (χ0) is 15.3. The lowest BCUT2D eigenvalue weighted by Crippen LogP contribution is -2.26. The number of fused-ring (bicyclic) bond motifs is 1. The van der Waals surface area contributed by atoms with Gasteiger partial charge in [-0.3, -0.25) is 4.98 Å². The molecular weight excluding hydrogens is 310 g/mol. The van der Waals surface area contributed by atoms with Crippen LogP contribution < -0.4 is 10.0 Å². The lowest BCUT2D eigenvalue weighted by molar-refractivity contribution is 0.579. The van der Waals surface area contributed by atoms with Crippen LogP contribution in [-0.2, 0) is 16.6 Å². The summed E-state index contributed by atoms with van der Waals surface area (Å²) in [5.41, 5.74) is 1.97. The molecule has 2 rings (SSSR count). The van der Waals surface area contributed by atoms with Crippen LogP contribution in [0.5, 0.6) is 0 Å². The van der Waals surface area contributed by atoms with Crippen LogP contribution in [0.25, 0.3) is 10.9 Å². The molecule has 0 amide bonds. The second-order valence-electron chi connectivity index (χ2n) is 4.80. The van der Waals surface area contributed by atoms with Gasteiger partial charge in [-0.15, -0.1) is 0 Å². The molecule has 1 heterocycles. The summed E-state index contributed by atoms with van der Waals surface area (Å²) in [5.74, 6) is 0. The van der Waals surface area contributed by atoms with Gasteiger partial charge < -0.3 is 5.32 Å². The van der Waals surface area contributed by atoms with Gasteiger partial charge in [0, 0.05) is 29.7 Å². The van der Waals surface area contributed by atoms with E-state index in [1.165, 1.54) is 0 Å². The van der Waals surface area contributed by atoms with Crippen molar-refractivity contribution in [1.29, 1.82) is 0 Å². The first-order chi connectivity index (χ1) is 9.97. The van der Waals surface area contributed by atoms with Crippen LogP contribution in [0.4, 0.5) is 0 Å². The first-order valence-corrected chi connectivity index (χ1v) is 8.92. The Morgan fingerprint density at radius 3 is 2.81 bits per heavy atom. The van der Waals surface area contributed by atoms with E-state index in [0.29, 0.717) is 18.1 Å². The fraction of sp³-hybridized carbons (Fsp3) is 0.357. The quantitative estimate of drug-likeness (QED) is 0.762. The summed E-state index contributed by atoms with van der Waals surface area (Å²) in [6.07, 6.45) is 3.64. The number of benzene rings is 1. The van der Waals surface area contributed by atoms with Gasteiger partial charge >= 0.3 is 0 Å². The monoisotopic (exact) mass is 327 g/mol. The topological polar surface area (TPSA) is 71.1 Å². The van der Waals surface area contributed by atoms with Crippen LogP contribution in [-0.4, -0.2) is 32.7 Å². The second-order valence-corrected chi connectivity index (χ2v) is 7.04. The van der Waals surface area contributed by atoms with Crippen LogP contribution in [0.2, 0.25) is 5.02 Å².